The van der Waals surface area contributed by atoms with Crippen LogP contribution in [0.4, 0.5) is 0 Å². The van der Waals surface area contributed by atoms with Crippen LogP contribution in [0.15, 0.2) is 48.5 Å². The average Bonchev–Trinajstić information content (AvgIpc) is 2.67. The quantitative estimate of drug-likeness (QED) is 0.535. The van der Waals surface area contributed by atoms with Gasteiger partial charge in [-0.1, -0.05) is 42.5 Å². The lowest BCUT2D eigenvalue weighted by Crippen LogP contribution is -2.38. The molecule has 0 radical (unpaired) electrons. The third-order valence-corrected chi connectivity index (χ3v) is 4.29. The van der Waals surface area contributed by atoms with Crippen molar-refractivity contribution in [3.63, 3.8) is 0 Å². The molecular weight excluding hydrogens is 374 g/mol. The summed E-state index contributed by atoms with van der Waals surface area (Å²) < 4.78 is 5.66. The average molecular weight is 399 g/mol. The van der Waals surface area contributed by atoms with Crippen LogP contribution in [0.25, 0.3) is 11.1 Å². The third kappa shape index (κ3) is 7.29. The first-order valence-electron chi connectivity index (χ1n) is 9.43. The van der Waals surface area contributed by atoms with E-state index in [1.54, 1.807) is 0 Å². The van der Waals surface area contributed by atoms with Crippen LogP contribution in [-0.4, -0.2) is 40.7 Å². The van der Waals surface area contributed by atoms with Gasteiger partial charge in [0.1, 0.15) is 5.75 Å². The van der Waals surface area contributed by atoms with E-state index in [0.29, 0.717) is 13.0 Å². The Morgan fingerprint density at radius 3 is 2.28 bits per heavy atom. The van der Waals surface area contributed by atoms with Crippen molar-refractivity contribution in [3.8, 4) is 16.9 Å². The minimum atomic E-state index is -1.07. The number of carbonyl (C=O) groups is 3. The molecule has 1 atom stereocenters. The second-order valence-electron chi connectivity index (χ2n) is 6.59. The number of rotatable bonds is 11. The van der Waals surface area contributed by atoms with Crippen LogP contribution >= 0.6 is 0 Å². The van der Waals surface area contributed by atoms with Gasteiger partial charge in [-0.3, -0.25) is 14.4 Å². The predicted octanol–water partition coefficient (Wildman–Crippen LogP) is 3.12. The van der Waals surface area contributed by atoms with Gasteiger partial charge < -0.3 is 20.3 Å². The summed E-state index contributed by atoms with van der Waals surface area (Å²) in [6, 6.07) is 14.7. The largest absolute Gasteiger partial charge is 0.493 e. The van der Waals surface area contributed by atoms with E-state index < -0.39 is 23.9 Å². The van der Waals surface area contributed by atoms with Crippen molar-refractivity contribution in [1.82, 2.24) is 5.32 Å². The molecule has 1 amide bonds. The van der Waals surface area contributed by atoms with Gasteiger partial charge in [-0.2, -0.15) is 0 Å². The van der Waals surface area contributed by atoms with E-state index in [1.165, 1.54) is 0 Å². The van der Waals surface area contributed by atoms with Crippen molar-refractivity contribution in [3.05, 3.63) is 54.1 Å². The maximum atomic E-state index is 11.9. The van der Waals surface area contributed by atoms with Gasteiger partial charge in [-0.05, 0) is 30.5 Å². The van der Waals surface area contributed by atoms with Crippen molar-refractivity contribution in [2.24, 2.45) is 0 Å². The molecule has 29 heavy (non-hydrogen) atoms. The van der Waals surface area contributed by atoms with E-state index >= 15 is 0 Å². The number of carbonyl (C=O) groups excluding carboxylic acids is 1. The lowest BCUT2D eigenvalue weighted by atomic mass is 9.98. The van der Waals surface area contributed by atoms with Crippen molar-refractivity contribution < 1.29 is 29.3 Å². The first kappa shape index (κ1) is 21.9. The molecule has 7 heteroatoms. The molecule has 154 valence electrons. The van der Waals surface area contributed by atoms with Crippen LogP contribution in [0, 0.1) is 0 Å². The lowest BCUT2D eigenvalue weighted by molar-refractivity contribution is -0.140. The Hall–Kier alpha value is -3.35. The van der Waals surface area contributed by atoms with Crippen molar-refractivity contribution >= 4 is 17.8 Å². The second-order valence-corrected chi connectivity index (χ2v) is 6.59. The highest BCUT2D eigenvalue weighted by atomic mass is 16.5. The highest BCUT2D eigenvalue weighted by molar-refractivity contribution is 5.81. The van der Waals surface area contributed by atoms with Crippen LogP contribution in [0.5, 0.6) is 5.75 Å². The SMILES string of the molecule is CCOc1ccccc1-c1ccc(CC(CC(=O)O)NC(=O)CCC(=O)O)cc1. The van der Waals surface area contributed by atoms with Gasteiger partial charge in [-0.25, -0.2) is 0 Å². The number of para-hydroxylation sites is 1. The molecule has 7 nitrogen and oxygen atoms in total. The number of aliphatic carboxylic acids is 2. The van der Waals surface area contributed by atoms with E-state index in [9.17, 15) is 14.4 Å². The number of carboxylic acid groups (broad SMARTS) is 2. The fourth-order valence-corrected chi connectivity index (χ4v) is 3.00. The molecule has 0 heterocycles. The molecule has 0 bridgehead atoms. The summed E-state index contributed by atoms with van der Waals surface area (Å²) in [7, 11) is 0. The summed E-state index contributed by atoms with van der Waals surface area (Å²) in [4.78, 5) is 33.6. The van der Waals surface area contributed by atoms with Crippen LogP contribution in [0.2, 0.25) is 0 Å². The van der Waals surface area contributed by atoms with Gasteiger partial charge in [0.15, 0.2) is 0 Å². The Labute approximate surface area is 169 Å². The van der Waals surface area contributed by atoms with Crippen LogP contribution < -0.4 is 10.1 Å². The molecule has 3 N–H and O–H groups in total. The number of benzene rings is 2. The van der Waals surface area contributed by atoms with E-state index in [4.69, 9.17) is 14.9 Å². The monoisotopic (exact) mass is 399 g/mol. The highest BCUT2D eigenvalue weighted by Gasteiger charge is 2.17. The van der Waals surface area contributed by atoms with Crippen molar-refractivity contribution in [1.29, 1.82) is 0 Å². The Morgan fingerprint density at radius 2 is 1.66 bits per heavy atom. The van der Waals surface area contributed by atoms with Crippen LogP contribution in [0.3, 0.4) is 0 Å². The predicted molar refractivity (Wildman–Crippen MR) is 108 cm³/mol. The van der Waals surface area contributed by atoms with Crippen molar-refractivity contribution in [2.45, 2.75) is 38.6 Å². The van der Waals surface area contributed by atoms with Gasteiger partial charge in [0.2, 0.25) is 5.91 Å². The van der Waals surface area contributed by atoms with Gasteiger partial charge >= 0.3 is 11.9 Å². The number of hydrogen-bond acceptors (Lipinski definition) is 4. The molecule has 2 rings (SSSR count). The van der Waals surface area contributed by atoms with Gasteiger partial charge in [-0.15, -0.1) is 0 Å². The standard InChI is InChI=1S/C22H25NO6/c1-2-29-19-6-4-3-5-18(19)16-9-7-15(8-10-16)13-17(14-22(27)28)23-20(24)11-12-21(25)26/h3-10,17H,2,11-14H2,1H3,(H,23,24)(H,25,26)(H,27,28). The zero-order valence-corrected chi connectivity index (χ0v) is 16.3. The molecular formula is C22H25NO6. The molecule has 0 aliphatic heterocycles. The topological polar surface area (TPSA) is 113 Å². The van der Waals surface area contributed by atoms with E-state index in [0.717, 1.165) is 22.4 Å². The first-order chi connectivity index (χ1) is 13.9. The maximum Gasteiger partial charge on any atom is 0.305 e. The molecule has 0 aliphatic carbocycles. The lowest BCUT2D eigenvalue weighted by Gasteiger charge is -2.17. The molecule has 0 saturated carbocycles. The highest BCUT2D eigenvalue weighted by Crippen LogP contribution is 2.30. The number of nitrogens with one attached hydrogen (secondary N) is 1. The zero-order valence-electron chi connectivity index (χ0n) is 16.3. The van der Waals surface area contributed by atoms with E-state index in [-0.39, 0.29) is 19.3 Å². The Balaban J connectivity index is 2.09. The van der Waals surface area contributed by atoms with Crippen molar-refractivity contribution in [2.75, 3.05) is 6.61 Å². The number of carboxylic acids is 2. The molecule has 0 aliphatic rings. The maximum absolute atomic E-state index is 11.9. The molecule has 0 spiro atoms. The van der Waals surface area contributed by atoms with Gasteiger partial charge in [0.05, 0.1) is 19.4 Å². The minimum Gasteiger partial charge on any atom is -0.493 e. The molecule has 2 aromatic carbocycles. The number of hydrogen-bond donors (Lipinski definition) is 3. The summed E-state index contributed by atoms with van der Waals surface area (Å²) in [5.74, 6) is -1.79. The van der Waals surface area contributed by atoms with E-state index in [1.807, 2.05) is 55.5 Å². The smallest absolute Gasteiger partial charge is 0.305 e. The molecule has 2 aromatic rings. The van der Waals surface area contributed by atoms with Crippen LogP contribution in [-0.2, 0) is 20.8 Å². The minimum absolute atomic E-state index is 0.182. The van der Waals surface area contributed by atoms with Gasteiger partial charge in [0, 0.05) is 18.0 Å². The number of amides is 1. The van der Waals surface area contributed by atoms with E-state index in [2.05, 4.69) is 5.32 Å². The Bertz CT molecular complexity index is 847. The fourth-order valence-electron chi connectivity index (χ4n) is 3.00. The molecule has 0 saturated heterocycles. The second kappa shape index (κ2) is 10.8. The van der Waals surface area contributed by atoms with Gasteiger partial charge in [0.25, 0.3) is 0 Å². The summed E-state index contributed by atoms with van der Waals surface area (Å²) in [5.41, 5.74) is 2.80. The Morgan fingerprint density at radius 1 is 0.966 bits per heavy atom. The molecule has 1 unspecified atom stereocenters. The fraction of sp³-hybridized carbons (Fsp3) is 0.318. The first-order valence-corrected chi connectivity index (χ1v) is 9.43. The number of ether oxygens (including phenoxy) is 1. The normalized spacial score (nSPS) is 11.5. The third-order valence-electron chi connectivity index (χ3n) is 4.29. The Kier molecular flexibility index (Phi) is 8.21. The molecule has 0 aromatic heterocycles. The summed E-state index contributed by atoms with van der Waals surface area (Å²) in [6.07, 6.45) is -0.385. The summed E-state index contributed by atoms with van der Waals surface area (Å²) in [6.45, 7) is 2.49. The summed E-state index contributed by atoms with van der Waals surface area (Å²) >= 11 is 0. The van der Waals surface area contributed by atoms with Crippen LogP contribution in [0.1, 0.15) is 31.7 Å². The summed E-state index contributed by atoms with van der Waals surface area (Å²) in [5, 5.41) is 20.4. The molecule has 0 fully saturated rings. The zero-order chi connectivity index (χ0) is 21.2.